The number of nitrogens with one attached hydrogen (secondary N) is 1. The number of aryl methyl sites for hydroxylation is 1. The molecule has 6 heteroatoms. The molecule has 1 aromatic heterocycles. The maximum Gasteiger partial charge on any atom is 0.234 e. The second-order valence-electron chi connectivity index (χ2n) is 7.85. The number of fused-ring (bicyclic) bond motifs is 1. The number of benzene rings is 2. The quantitative estimate of drug-likeness (QED) is 0.532. The molecule has 0 spiro atoms. The maximum absolute atomic E-state index is 12.5. The molecule has 162 valence electrons. The topological polar surface area (TPSA) is 69.0 Å². The lowest BCUT2D eigenvalue weighted by atomic mass is 10.0. The van der Waals surface area contributed by atoms with Crippen LogP contribution in [0.1, 0.15) is 34.9 Å². The van der Waals surface area contributed by atoms with E-state index in [-0.39, 0.29) is 11.7 Å². The third-order valence-electron chi connectivity index (χ3n) is 5.60. The molecular weight excluding hydrogens is 416 g/mol. The smallest absolute Gasteiger partial charge is 0.234 e. The summed E-state index contributed by atoms with van der Waals surface area (Å²) < 4.78 is 0. The third-order valence-corrected chi connectivity index (χ3v) is 6.59. The Morgan fingerprint density at radius 3 is 2.75 bits per heavy atom. The molecule has 0 fully saturated rings. The van der Waals surface area contributed by atoms with Gasteiger partial charge in [0.2, 0.25) is 5.91 Å². The molecule has 2 heterocycles. The number of hydrogen-bond donors (Lipinski definition) is 1. The average Bonchev–Trinajstić information content (AvgIpc) is 2.83. The predicted octanol–water partition coefficient (Wildman–Crippen LogP) is 4.80. The molecule has 1 amide bonds. The number of para-hydroxylation sites is 1. The van der Waals surface area contributed by atoms with Crippen LogP contribution < -0.4 is 5.32 Å². The van der Waals surface area contributed by atoms with E-state index in [1.165, 1.54) is 17.3 Å². The summed E-state index contributed by atoms with van der Waals surface area (Å²) in [7, 11) is 0. The van der Waals surface area contributed by atoms with Crippen molar-refractivity contribution in [2.75, 3.05) is 17.6 Å². The van der Waals surface area contributed by atoms with Gasteiger partial charge in [0.25, 0.3) is 0 Å². The van der Waals surface area contributed by atoms with Crippen molar-refractivity contribution < 1.29 is 4.79 Å². The van der Waals surface area contributed by atoms with Crippen LogP contribution in [0.3, 0.4) is 0 Å². The van der Waals surface area contributed by atoms with Crippen molar-refractivity contribution >= 4 is 23.4 Å². The fourth-order valence-corrected chi connectivity index (χ4v) is 4.72. The van der Waals surface area contributed by atoms with Gasteiger partial charge in [-0.25, -0.2) is 4.98 Å². The highest BCUT2D eigenvalue weighted by Crippen LogP contribution is 2.27. The summed E-state index contributed by atoms with van der Waals surface area (Å²) in [6, 6.07) is 22.5. The zero-order chi connectivity index (χ0) is 22.3. The summed E-state index contributed by atoms with van der Waals surface area (Å²) in [6.45, 7) is 4.67. The lowest BCUT2D eigenvalue weighted by molar-refractivity contribution is -0.113. The zero-order valence-corrected chi connectivity index (χ0v) is 19.0. The molecule has 3 aromatic rings. The Balaban J connectivity index is 1.41. The largest absolute Gasteiger partial charge is 0.325 e. The van der Waals surface area contributed by atoms with Crippen LogP contribution in [0.25, 0.3) is 0 Å². The van der Waals surface area contributed by atoms with Gasteiger partial charge in [-0.3, -0.25) is 9.69 Å². The number of thioether (sulfide) groups is 1. The fraction of sp³-hybridized carbons (Fsp3) is 0.269. The first-order valence-electron chi connectivity index (χ1n) is 10.9. The Hall–Kier alpha value is -3.14. The maximum atomic E-state index is 12.5. The monoisotopic (exact) mass is 442 g/mol. The van der Waals surface area contributed by atoms with E-state index >= 15 is 0 Å². The fourth-order valence-electron chi connectivity index (χ4n) is 3.95. The number of pyridine rings is 1. The second kappa shape index (κ2) is 10.4. The molecule has 0 saturated heterocycles. The molecule has 5 nitrogen and oxygen atoms in total. The molecule has 0 saturated carbocycles. The summed E-state index contributed by atoms with van der Waals surface area (Å²) in [6.07, 6.45) is 1.70. The van der Waals surface area contributed by atoms with Crippen LogP contribution in [-0.2, 0) is 30.7 Å². The Labute approximate surface area is 193 Å². The van der Waals surface area contributed by atoms with Gasteiger partial charge in [-0.15, -0.1) is 0 Å². The first-order valence-corrected chi connectivity index (χ1v) is 11.8. The van der Waals surface area contributed by atoms with E-state index in [1.807, 2.05) is 36.4 Å². The van der Waals surface area contributed by atoms with Crippen molar-refractivity contribution in [2.45, 2.75) is 37.9 Å². The number of anilines is 1. The Morgan fingerprint density at radius 1 is 1.19 bits per heavy atom. The molecule has 0 atom stereocenters. The molecule has 1 aliphatic heterocycles. The average molecular weight is 443 g/mol. The number of amides is 1. The summed E-state index contributed by atoms with van der Waals surface area (Å²) >= 11 is 1.33. The summed E-state index contributed by atoms with van der Waals surface area (Å²) in [5.41, 5.74) is 5.92. The number of carbonyl (C=O) groups is 1. The Bertz CT molecular complexity index is 1140. The normalized spacial score (nSPS) is 13.2. The molecule has 0 aliphatic carbocycles. The van der Waals surface area contributed by atoms with Crippen LogP contribution in [0.15, 0.2) is 65.7 Å². The Kier molecular flexibility index (Phi) is 7.21. The highest BCUT2D eigenvalue weighted by Gasteiger charge is 2.21. The minimum atomic E-state index is -0.0895. The van der Waals surface area contributed by atoms with E-state index in [0.717, 1.165) is 55.0 Å². The van der Waals surface area contributed by atoms with Gasteiger partial charge in [0.05, 0.1) is 11.3 Å². The van der Waals surface area contributed by atoms with Crippen molar-refractivity contribution in [1.29, 1.82) is 5.26 Å². The SMILES string of the molecule is CCc1ccccc1NC(=O)CSc1nc2c(cc1C#N)CN(Cc1ccccc1)CC2. The molecule has 1 N–H and O–H groups in total. The molecule has 2 aromatic carbocycles. The molecule has 1 aliphatic rings. The summed E-state index contributed by atoms with van der Waals surface area (Å²) in [4.78, 5) is 19.7. The number of aromatic nitrogens is 1. The number of carbonyl (C=O) groups excluding carboxylic acids is 1. The van der Waals surface area contributed by atoms with Gasteiger partial charge in [0, 0.05) is 37.4 Å². The van der Waals surface area contributed by atoms with Gasteiger partial charge in [0.1, 0.15) is 11.1 Å². The van der Waals surface area contributed by atoms with E-state index in [1.54, 1.807) is 0 Å². The van der Waals surface area contributed by atoms with Crippen LogP contribution >= 0.6 is 11.8 Å². The van der Waals surface area contributed by atoms with Crippen LogP contribution in [0.5, 0.6) is 0 Å². The van der Waals surface area contributed by atoms with E-state index in [4.69, 9.17) is 4.98 Å². The molecule has 0 bridgehead atoms. The van der Waals surface area contributed by atoms with Crippen molar-refractivity contribution in [3.63, 3.8) is 0 Å². The van der Waals surface area contributed by atoms with Crippen LogP contribution in [-0.4, -0.2) is 28.1 Å². The van der Waals surface area contributed by atoms with Gasteiger partial charge >= 0.3 is 0 Å². The van der Waals surface area contributed by atoms with Crippen molar-refractivity contribution in [3.05, 3.63) is 88.6 Å². The van der Waals surface area contributed by atoms with Gasteiger partial charge in [-0.1, -0.05) is 67.2 Å². The van der Waals surface area contributed by atoms with Gasteiger partial charge in [-0.05, 0) is 35.2 Å². The standard InChI is InChI=1S/C26H26N4OS/c1-2-20-10-6-7-11-23(20)28-25(31)18-32-26-21(15-27)14-22-17-30(13-12-24(22)29-26)16-19-8-4-3-5-9-19/h3-11,14H,2,12-13,16-18H2,1H3,(H,28,31). The zero-order valence-electron chi connectivity index (χ0n) is 18.2. The van der Waals surface area contributed by atoms with Crippen LogP contribution in [0, 0.1) is 11.3 Å². The number of rotatable bonds is 7. The molecule has 32 heavy (non-hydrogen) atoms. The first-order chi connectivity index (χ1) is 15.7. The first kappa shape index (κ1) is 22.1. The predicted molar refractivity (Wildman–Crippen MR) is 128 cm³/mol. The lowest BCUT2D eigenvalue weighted by Crippen LogP contribution is -2.31. The minimum absolute atomic E-state index is 0.0895. The second-order valence-corrected chi connectivity index (χ2v) is 8.82. The van der Waals surface area contributed by atoms with E-state index in [0.29, 0.717) is 10.6 Å². The van der Waals surface area contributed by atoms with Crippen molar-refractivity contribution in [1.82, 2.24) is 9.88 Å². The minimum Gasteiger partial charge on any atom is -0.325 e. The number of nitriles is 1. The number of hydrogen-bond acceptors (Lipinski definition) is 5. The molecule has 4 rings (SSSR count). The highest BCUT2D eigenvalue weighted by atomic mass is 32.2. The van der Waals surface area contributed by atoms with Crippen molar-refractivity contribution in [3.8, 4) is 6.07 Å². The lowest BCUT2D eigenvalue weighted by Gasteiger charge is -2.28. The van der Waals surface area contributed by atoms with E-state index < -0.39 is 0 Å². The van der Waals surface area contributed by atoms with Crippen LogP contribution in [0.4, 0.5) is 5.69 Å². The molecule has 0 unspecified atom stereocenters. The highest BCUT2D eigenvalue weighted by molar-refractivity contribution is 8.00. The van der Waals surface area contributed by atoms with Crippen molar-refractivity contribution in [2.24, 2.45) is 0 Å². The van der Waals surface area contributed by atoms with Crippen LogP contribution in [0.2, 0.25) is 0 Å². The Morgan fingerprint density at radius 2 is 1.97 bits per heavy atom. The van der Waals surface area contributed by atoms with Gasteiger partial charge in [-0.2, -0.15) is 5.26 Å². The molecule has 0 radical (unpaired) electrons. The van der Waals surface area contributed by atoms with E-state index in [2.05, 4.69) is 47.5 Å². The van der Waals surface area contributed by atoms with E-state index in [9.17, 15) is 10.1 Å². The number of nitrogens with zero attached hydrogens (tertiary/aromatic N) is 3. The van der Waals surface area contributed by atoms with Gasteiger partial charge < -0.3 is 5.32 Å². The van der Waals surface area contributed by atoms with Gasteiger partial charge in [0.15, 0.2) is 0 Å². The summed E-state index contributed by atoms with van der Waals surface area (Å²) in [5, 5.41) is 13.3. The third kappa shape index (κ3) is 5.37. The summed E-state index contributed by atoms with van der Waals surface area (Å²) in [5.74, 6) is 0.131. The molecular formula is C26H26N4OS.